The van der Waals surface area contributed by atoms with Gasteiger partial charge in [0.2, 0.25) is 5.91 Å². The molecule has 1 heterocycles. The van der Waals surface area contributed by atoms with Gasteiger partial charge in [-0.05, 0) is 80.8 Å². The van der Waals surface area contributed by atoms with E-state index in [9.17, 15) is 4.79 Å². The van der Waals surface area contributed by atoms with E-state index in [0.29, 0.717) is 0 Å². The van der Waals surface area contributed by atoms with Crippen LogP contribution in [0.3, 0.4) is 0 Å². The van der Waals surface area contributed by atoms with Crippen LogP contribution in [0.5, 0.6) is 0 Å². The van der Waals surface area contributed by atoms with Gasteiger partial charge in [-0.1, -0.05) is 36.4 Å². The van der Waals surface area contributed by atoms with E-state index in [-0.39, 0.29) is 17.5 Å². The summed E-state index contributed by atoms with van der Waals surface area (Å²) in [5, 5.41) is 3.56. The average Bonchev–Trinajstić information content (AvgIpc) is 2.67. The molecule has 1 atom stereocenters. The van der Waals surface area contributed by atoms with Gasteiger partial charge in [0.1, 0.15) is 0 Å². The molecule has 4 fully saturated rings. The Morgan fingerprint density at radius 2 is 1.70 bits per heavy atom. The number of carbonyl (C=O) groups excluding carboxylic acids is 1. The van der Waals surface area contributed by atoms with E-state index in [1.54, 1.807) is 0 Å². The Morgan fingerprint density at radius 3 is 2.26 bits per heavy atom. The second kappa shape index (κ2) is 6.77. The Bertz CT molecular complexity index is 703. The van der Waals surface area contributed by atoms with Crippen molar-refractivity contribution in [1.29, 1.82) is 0 Å². The smallest absolute Gasteiger partial charge is 0.237 e. The van der Waals surface area contributed by atoms with Gasteiger partial charge in [0, 0.05) is 18.6 Å². The van der Waals surface area contributed by atoms with E-state index in [2.05, 4.69) is 53.5 Å². The van der Waals surface area contributed by atoms with Crippen LogP contribution in [0, 0.1) is 17.8 Å². The van der Waals surface area contributed by atoms with E-state index in [4.69, 9.17) is 0 Å². The van der Waals surface area contributed by atoms with Crippen molar-refractivity contribution in [3.05, 3.63) is 42.0 Å². The Kier molecular flexibility index (Phi) is 4.39. The van der Waals surface area contributed by atoms with Crippen LogP contribution in [0.2, 0.25) is 0 Å². The highest BCUT2D eigenvalue weighted by molar-refractivity contribution is 5.82. The summed E-state index contributed by atoms with van der Waals surface area (Å²) in [4.78, 5) is 15.4. The first-order chi connectivity index (χ1) is 13.1. The predicted molar refractivity (Wildman–Crippen MR) is 109 cm³/mol. The second-order valence-corrected chi connectivity index (χ2v) is 9.70. The zero-order valence-corrected chi connectivity index (χ0v) is 16.5. The largest absolute Gasteiger partial charge is 0.349 e. The van der Waals surface area contributed by atoms with E-state index in [0.717, 1.165) is 37.3 Å². The van der Waals surface area contributed by atoms with Crippen molar-refractivity contribution in [3.8, 4) is 0 Å². The predicted octanol–water partition coefficient (Wildman–Crippen LogP) is 4.25. The van der Waals surface area contributed by atoms with Crippen molar-refractivity contribution >= 4 is 11.5 Å². The summed E-state index contributed by atoms with van der Waals surface area (Å²) in [6, 6.07) is 10.6. The molecule has 1 aliphatic heterocycles. The molecule has 0 unspecified atom stereocenters. The summed E-state index contributed by atoms with van der Waals surface area (Å²) in [5.74, 6) is 2.88. The second-order valence-electron chi connectivity index (χ2n) is 9.70. The maximum atomic E-state index is 13.1. The van der Waals surface area contributed by atoms with Crippen molar-refractivity contribution in [2.24, 2.45) is 17.8 Å². The first-order valence-electron chi connectivity index (χ1n) is 10.9. The van der Waals surface area contributed by atoms with Crippen LogP contribution in [0.25, 0.3) is 5.57 Å². The number of amides is 1. The molecule has 144 valence electrons. The molecule has 4 bridgehead atoms. The minimum atomic E-state index is -0.0356. The lowest BCUT2D eigenvalue weighted by Gasteiger charge is -2.57. The van der Waals surface area contributed by atoms with Gasteiger partial charge in [-0.2, -0.15) is 0 Å². The highest BCUT2D eigenvalue weighted by Gasteiger charge is 2.51. The number of nitrogens with zero attached hydrogens (tertiary/aromatic N) is 1. The van der Waals surface area contributed by atoms with Gasteiger partial charge in [0.05, 0.1) is 6.04 Å². The standard InChI is InChI=1S/C24H32N2O/c1-17(26-9-7-22(8-10-26)21-5-3-2-4-6-21)23(27)25-24-14-18-11-19(15-24)13-20(12-18)16-24/h2-7,17-20H,8-16H2,1H3,(H,25,27)/t17-,18?,19?,20?,24?/m0/s1. The minimum Gasteiger partial charge on any atom is -0.349 e. The number of hydrogen-bond acceptors (Lipinski definition) is 2. The maximum Gasteiger partial charge on any atom is 0.237 e. The van der Waals surface area contributed by atoms with Crippen molar-refractivity contribution in [3.63, 3.8) is 0 Å². The van der Waals surface area contributed by atoms with Gasteiger partial charge < -0.3 is 5.32 Å². The van der Waals surface area contributed by atoms with Gasteiger partial charge in [0.25, 0.3) is 0 Å². The fourth-order valence-corrected chi connectivity index (χ4v) is 6.75. The van der Waals surface area contributed by atoms with Crippen LogP contribution in [-0.4, -0.2) is 35.5 Å². The molecular weight excluding hydrogens is 332 g/mol. The lowest BCUT2D eigenvalue weighted by atomic mass is 9.53. The normalized spacial score (nSPS) is 36.3. The molecule has 1 aromatic carbocycles. The van der Waals surface area contributed by atoms with Crippen LogP contribution < -0.4 is 5.32 Å². The molecule has 3 nitrogen and oxygen atoms in total. The van der Waals surface area contributed by atoms with Crippen molar-refractivity contribution in [2.75, 3.05) is 13.1 Å². The molecule has 3 heteroatoms. The third-order valence-corrected chi connectivity index (χ3v) is 7.74. The van der Waals surface area contributed by atoms with Crippen LogP contribution in [-0.2, 0) is 4.79 Å². The molecule has 0 aromatic heterocycles. The van der Waals surface area contributed by atoms with E-state index < -0.39 is 0 Å². The Hall–Kier alpha value is -1.61. The summed E-state index contributed by atoms with van der Waals surface area (Å²) in [7, 11) is 0. The maximum absolute atomic E-state index is 13.1. The van der Waals surface area contributed by atoms with E-state index in [1.807, 2.05) is 0 Å². The first kappa shape index (κ1) is 17.5. The quantitative estimate of drug-likeness (QED) is 0.866. The number of nitrogens with one attached hydrogen (secondary N) is 1. The molecule has 0 saturated heterocycles. The number of carbonyl (C=O) groups is 1. The molecule has 6 rings (SSSR count). The van der Waals surface area contributed by atoms with Crippen LogP contribution in [0.4, 0.5) is 0 Å². The SMILES string of the molecule is C[C@@H](C(=O)NC12CC3CC(CC(C3)C1)C2)N1CC=C(c2ccccc2)CC1. The van der Waals surface area contributed by atoms with Gasteiger partial charge in [0.15, 0.2) is 0 Å². The highest BCUT2D eigenvalue weighted by Crippen LogP contribution is 2.55. The van der Waals surface area contributed by atoms with Crippen molar-refractivity contribution in [1.82, 2.24) is 10.2 Å². The summed E-state index contributed by atoms with van der Waals surface area (Å²) in [6.45, 7) is 3.94. The monoisotopic (exact) mass is 364 g/mol. The Morgan fingerprint density at radius 1 is 1.07 bits per heavy atom. The Labute approximate surface area is 163 Å². The number of benzene rings is 1. The molecule has 5 aliphatic rings. The van der Waals surface area contributed by atoms with Crippen LogP contribution >= 0.6 is 0 Å². The molecule has 0 spiro atoms. The number of rotatable bonds is 4. The molecular formula is C24H32N2O. The van der Waals surface area contributed by atoms with Crippen LogP contribution in [0.15, 0.2) is 36.4 Å². The molecule has 1 amide bonds. The zero-order valence-electron chi connectivity index (χ0n) is 16.5. The summed E-state index contributed by atoms with van der Waals surface area (Å²) in [5.41, 5.74) is 2.87. The number of hydrogen-bond donors (Lipinski definition) is 1. The molecule has 1 N–H and O–H groups in total. The van der Waals surface area contributed by atoms with Crippen molar-refractivity contribution < 1.29 is 4.79 Å². The Balaban J connectivity index is 1.22. The molecule has 1 aromatic rings. The molecule has 4 saturated carbocycles. The van der Waals surface area contributed by atoms with E-state index in [1.165, 1.54) is 49.7 Å². The lowest BCUT2D eigenvalue weighted by Crippen LogP contribution is -2.62. The third-order valence-electron chi connectivity index (χ3n) is 7.74. The molecule has 4 aliphatic carbocycles. The fourth-order valence-electron chi connectivity index (χ4n) is 6.75. The van der Waals surface area contributed by atoms with Gasteiger partial charge >= 0.3 is 0 Å². The highest BCUT2D eigenvalue weighted by atomic mass is 16.2. The van der Waals surface area contributed by atoms with Crippen molar-refractivity contribution in [2.45, 2.75) is 63.5 Å². The zero-order chi connectivity index (χ0) is 18.4. The van der Waals surface area contributed by atoms with Gasteiger partial charge in [-0.25, -0.2) is 0 Å². The lowest BCUT2D eigenvalue weighted by molar-refractivity contribution is -0.131. The van der Waals surface area contributed by atoms with Gasteiger partial charge in [-0.3, -0.25) is 9.69 Å². The summed E-state index contributed by atoms with van der Waals surface area (Å²) in [6.07, 6.45) is 11.3. The molecule has 27 heavy (non-hydrogen) atoms. The fraction of sp³-hybridized carbons (Fsp3) is 0.625. The summed E-state index contributed by atoms with van der Waals surface area (Å²) < 4.78 is 0. The van der Waals surface area contributed by atoms with Gasteiger partial charge in [-0.15, -0.1) is 0 Å². The van der Waals surface area contributed by atoms with Crippen LogP contribution in [0.1, 0.15) is 57.4 Å². The summed E-state index contributed by atoms with van der Waals surface area (Å²) >= 11 is 0. The molecule has 0 radical (unpaired) electrons. The van der Waals surface area contributed by atoms with E-state index >= 15 is 0 Å². The average molecular weight is 365 g/mol. The first-order valence-corrected chi connectivity index (χ1v) is 10.9. The topological polar surface area (TPSA) is 32.3 Å². The third kappa shape index (κ3) is 3.35. The minimum absolute atomic E-state index is 0.0356.